The second-order valence-corrected chi connectivity index (χ2v) is 9.25. The smallest absolute Gasteiger partial charge is 0.251 e. The molecule has 1 amide bonds. The number of para-hydroxylation sites is 1. The van der Waals surface area contributed by atoms with Crippen molar-refractivity contribution in [3.05, 3.63) is 121 Å². The van der Waals surface area contributed by atoms with Gasteiger partial charge >= 0.3 is 0 Å². The first-order chi connectivity index (χ1) is 15.8. The Labute approximate surface area is 192 Å². The summed E-state index contributed by atoms with van der Waals surface area (Å²) < 4.78 is 5.67. The van der Waals surface area contributed by atoms with E-state index >= 15 is 0 Å². The molecule has 0 atom stereocenters. The average Bonchev–Trinajstić information content (AvgIpc) is 2.86. The van der Waals surface area contributed by atoms with Crippen molar-refractivity contribution in [2.45, 2.75) is 21.1 Å². The van der Waals surface area contributed by atoms with Crippen molar-refractivity contribution in [1.82, 2.24) is 5.32 Å². The summed E-state index contributed by atoms with van der Waals surface area (Å²) in [5.74, 6) is 0.789. The summed E-state index contributed by atoms with van der Waals surface area (Å²) in [6.45, 7) is 1.14. The van der Waals surface area contributed by atoms with Crippen molar-refractivity contribution in [3.63, 3.8) is 0 Å². The van der Waals surface area contributed by atoms with E-state index in [1.54, 1.807) is 0 Å². The lowest BCUT2D eigenvalue weighted by Crippen LogP contribution is -2.25. The van der Waals surface area contributed by atoms with Gasteiger partial charge in [0.15, 0.2) is 14.7 Å². The van der Waals surface area contributed by atoms with Gasteiger partial charge in [0.25, 0.3) is 5.91 Å². The number of rotatable bonds is 9. The number of carbonyl (C=O) groups excluding carboxylic acids is 1. The number of benzene rings is 4. The van der Waals surface area contributed by atoms with E-state index in [9.17, 15) is 4.79 Å². The third-order valence-corrected chi connectivity index (χ3v) is 7.16. The van der Waals surface area contributed by atoms with E-state index in [2.05, 4.69) is 66.0 Å². The van der Waals surface area contributed by atoms with Crippen LogP contribution < -0.4 is 10.1 Å². The van der Waals surface area contributed by atoms with Crippen LogP contribution in [0.4, 0.5) is 0 Å². The van der Waals surface area contributed by atoms with Gasteiger partial charge in [0.05, 0.1) is 17.5 Å². The minimum absolute atomic E-state index is 0.0597. The van der Waals surface area contributed by atoms with Gasteiger partial charge in [-0.25, -0.2) is 0 Å². The molecule has 0 saturated carbocycles. The molecule has 160 valence electrons. The Balaban J connectivity index is 1.37. The Morgan fingerprint density at radius 2 is 1.16 bits per heavy atom. The Morgan fingerprint density at radius 3 is 1.72 bits per heavy atom. The van der Waals surface area contributed by atoms with Gasteiger partial charge in [-0.05, 0) is 67.1 Å². The van der Waals surface area contributed by atoms with Crippen LogP contribution in [0.2, 0.25) is 0 Å². The van der Waals surface area contributed by atoms with Gasteiger partial charge in [-0.1, -0.05) is 54.6 Å². The van der Waals surface area contributed by atoms with E-state index in [1.807, 2.05) is 54.6 Å². The standard InChI is InChI=1S/C28H25NO2S/c30-28(29-21-10-22-31-24-11-4-1-5-12-24)23-17-19-27(20-18-23)32(25-13-6-2-7-14-25)26-15-8-3-9-16-26/h1-9,11-20H,10,21-22H2/p+1. The van der Waals surface area contributed by atoms with E-state index in [-0.39, 0.29) is 16.8 Å². The molecule has 0 unspecified atom stereocenters. The number of nitrogens with one attached hydrogen (secondary N) is 1. The number of carbonyl (C=O) groups is 1. The van der Waals surface area contributed by atoms with E-state index in [0.29, 0.717) is 18.7 Å². The Bertz CT molecular complexity index is 1060. The second-order valence-electron chi connectivity index (χ2n) is 7.23. The summed E-state index contributed by atoms with van der Waals surface area (Å²) in [7, 11) is -0.211. The van der Waals surface area contributed by atoms with Crippen LogP contribution in [0.15, 0.2) is 130 Å². The van der Waals surface area contributed by atoms with Crippen molar-refractivity contribution in [2.75, 3.05) is 13.2 Å². The molecule has 0 aliphatic carbocycles. The zero-order valence-corrected chi connectivity index (χ0v) is 18.6. The highest BCUT2D eigenvalue weighted by molar-refractivity contribution is 7.97. The summed E-state index contributed by atoms with van der Waals surface area (Å²) in [4.78, 5) is 16.3. The molecule has 4 rings (SSSR count). The molecule has 0 aliphatic heterocycles. The van der Waals surface area contributed by atoms with E-state index in [0.717, 1.165) is 12.2 Å². The van der Waals surface area contributed by atoms with Gasteiger partial charge < -0.3 is 10.1 Å². The van der Waals surface area contributed by atoms with Crippen molar-refractivity contribution >= 4 is 16.8 Å². The normalized spacial score (nSPS) is 10.7. The molecular formula is C28H26NO2S+. The number of amides is 1. The zero-order valence-electron chi connectivity index (χ0n) is 17.8. The molecule has 0 bridgehead atoms. The van der Waals surface area contributed by atoms with Crippen LogP contribution in [-0.2, 0) is 10.9 Å². The largest absolute Gasteiger partial charge is 0.494 e. The van der Waals surface area contributed by atoms with Crippen molar-refractivity contribution in [2.24, 2.45) is 0 Å². The fraction of sp³-hybridized carbons (Fsp3) is 0.107. The van der Waals surface area contributed by atoms with Gasteiger partial charge in [-0.15, -0.1) is 0 Å². The van der Waals surface area contributed by atoms with Crippen LogP contribution in [0.3, 0.4) is 0 Å². The fourth-order valence-corrected chi connectivity index (χ4v) is 5.43. The lowest BCUT2D eigenvalue weighted by atomic mass is 10.2. The van der Waals surface area contributed by atoms with Gasteiger partial charge in [-0.3, -0.25) is 4.79 Å². The maximum absolute atomic E-state index is 12.5. The molecule has 0 spiro atoms. The zero-order chi connectivity index (χ0) is 22.0. The van der Waals surface area contributed by atoms with E-state index in [4.69, 9.17) is 4.74 Å². The first-order valence-electron chi connectivity index (χ1n) is 10.7. The molecule has 0 fully saturated rings. The maximum atomic E-state index is 12.5. The predicted molar refractivity (Wildman–Crippen MR) is 130 cm³/mol. The Hall–Kier alpha value is -3.50. The molecule has 0 aromatic heterocycles. The number of hydrogen-bond donors (Lipinski definition) is 1. The summed E-state index contributed by atoms with van der Waals surface area (Å²) in [6, 6.07) is 38.7. The maximum Gasteiger partial charge on any atom is 0.251 e. The van der Waals surface area contributed by atoms with Gasteiger partial charge in [0, 0.05) is 12.1 Å². The minimum Gasteiger partial charge on any atom is -0.494 e. The SMILES string of the molecule is O=C(NCCCOc1ccccc1)c1ccc([S+](c2ccccc2)c2ccccc2)cc1. The monoisotopic (exact) mass is 440 g/mol. The van der Waals surface area contributed by atoms with Crippen molar-refractivity contribution in [3.8, 4) is 5.75 Å². The van der Waals surface area contributed by atoms with E-state index in [1.165, 1.54) is 14.7 Å². The average molecular weight is 441 g/mol. The molecule has 0 saturated heterocycles. The Morgan fingerprint density at radius 1 is 0.656 bits per heavy atom. The molecule has 32 heavy (non-hydrogen) atoms. The molecule has 0 aliphatic rings. The molecule has 3 nitrogen and oxygen atoms in total. The summed E-state index contributed by atoms with van der Waals surface area (Å²) >= 11 is 0. The highest BCUT2D eigenvalue weighted by Crippen LogP contribution is 2.31. The first kappa shape index (κ1) is 21.7. The first-order valence-corrected chi connectivity index (χ1v) is 11.9. The van der Waals surface area contributed by atoms with Crippen molar-refractivity contribution in [1.29, 1.82) is 0 Å². The third kappa shape index (κ3) is 5.80. The molecule has 4 aromatic carbocycles. The molecule has 0 heterocycles. The van der Waals surface area contributed by atoms with Crippen LogP contribution in [0.25, 0.3) is 0 Å². The Kier molecular flexibility index (Phi) is 7.61. The molecule has 1 N–H and O–H groups in total. The van der Waals surface area contributed by atoms with E-state index < -0.39 is 0 Å². The van der Waals surface area contributed by atoms with Gasteiger partial charge in [0.1, 0.15) is 5.75 Å². The lowest BCUT2D eigenvalue weighted by molar-refractivity contribution is 0.0951. The molecule has 0 radical (unpaired) electrons. The van der Waals surface area contributed by atoms with Gasteiger partial charge in [-0.2, -0.15) is 0 Å². The second kappa shape index (κ2) is 11.2. The van der Waals surface area contributed by atoms with Crippen LogP contribution in [0, 0.1) is 0 Å². The summed E-state index contributed by atoms with van der Waals surface area (Å²) in [6.07, 6.45) is 0.754. The highest BCUT2D eigenvalue weighted by atomic mass is 32.2. The topological polar surface area (TPSA) is 38.3 Å². The van der Waals surface area contributed by atoms with Crippen LogP contribution in [0.1, 0.15) is 16.8 Å². The summed E-state index contributed by atoms with van der Waals surface area (Å²) in [5, 5.41) is 2.98. The molecular weight excluding hydrogens is 414 g/mol. The van der Waals surface area contributed by atoms with Crippen LogP contribution in [0.5, 0.6) is 5.75 Å². The fourth-order valence-electron chi connectivity index (χ4n) is 3.35. The minimum atomic E-state index is -0.211. The highest BCUT2D eigenvalue weighted by Gasteiger charge is 2.28. The van der Waals surface area contributed by atoms with Crippen LogP contribution >= 0.6 is 0 Å². The third-order valence-electron chi connectivity index (χ3n) is 4.93. The van der Waals surface area contributed by atoms with Crippen LogP contribution in [-0.4, -0.2) is 19.1 Å². The quantitative estimate of drug-likeness (QED) is 0.257. The lowest BCUT2D eigenvalue weighted by Gasteiger charge is -2.09. The number of ether oxygens (including phenoxy) is 1. The number of hydrogen-bond acceptors (Lipinski definition) is 2. The van der Waals surface area contributed by atoms with Crippen molar-refractivity contribution < 1.29 is 9.53 Å². The molecule has 4 aromatic rings. The predicted octanol–water partition coefficient (Wildman–Crippen LogP) is 5.98. The van der Waals surface area contributed by atoms with Gasteiger partial charge in [0.2, 0.25) is 0 Å². The molecule has 4 heteroatoms. The summed E-state index contributed by atoms with van der Waals surface area (Å²) in [5.41, 5.74) is 0.669.